The van der Waals surface area contributed by atoms with Gasteiger partial charge in [0.15, 0.2) is 23.0 Å². The molecule has 0 saturated heterocycles. The van der Waals surface area contributed by atoms with Crippen molar-refractivity contribution in [2.24, 2.45) is 5.10 Å². The highest BCUT2D eigenvalue weighted by molar-refractivity contribution is 6.02. The van der Waals surface area contributed by atoms with Crippen molar-refractivity contribution < 1.29 is 28.6 Å². The van der Waals surface area contributed by atoms with E-state index >= 15 is 0 Å². The van der Waals surface area contributed by atoms with Crippen molar-refractivity contribution in [1.82, 2.24) is 5.01 Å². The normalized spacial score (nSPS) is 16.9. The van der Waals surface area contributed by atoms with E-state index in [9.17, 15) is 10.1 Å². The minimum Gasteiger partial charge on any atom is -0.493 e. The van der Waals surface area contributed by atoms with Crippen LogP contribution in [0.5, 0.6) is 28.7 Å². The molecule has 2 aliphatic heterocycles. The van der Waals surface area contributed by atoms with Crippen molar-refractivity contribution >= 4 is 11.4 Å². The average molecular weight is 568 g/mol. The van der Waals surface area contributed by atoms with Gasteiger partial charge in [-0.25, -0.2) is 5.01 Å². The van der Waals surface area contributed by atoms with Crippen LogP contribution in [0.2, 0.25) is 0 Å². The summed E-state index contributed by atoms with van der Waals surface area (Å²) in [6.07, 6.45) is -0.0995. The van der Waals surface area contributed by atoms with E-state index < -0.39 is 11.2 Å². The second-order valence-corrected chi connectivity index (χ2v) is 9.85. The van der Waals surface area contributed by atoms with E-state index in [0.717, 1.165) is 22.4 Å². The Morgan fingerprint density at radius 3 is 2.36 bits per heavy atom. The van der Waals surface area contributed by atoms with Gasteiger partial charge in [0, 0.05) is 35.2 Å². The maximum atomic E-state index is 11.6. The summed E-state index contributed by atoms with van der Waals surface area (Å²) in [5.74, 6) is 2.92. The van der Waals surface area contributed by atoms with Gasteiger partial charge in [0.25, 0.3) is 5.69 Å². The summed E-state index contributed by atoms with van der Waals surface area (Å²) in [5, 5.41) is 18.4. The standard InChI is InChI=1S/C32H29N3O7/c1-38-28-12-9-21(15-30(28)39-2)25-18-26-24-17-23(35(36)37)11-14-27(24)42-32(34(26)33-25)22-10-13-29(31(16-22)40-3)41-19-20-7-5-4-6-8-20/h4-17,26,32H,18-19H2,1-3H3. The molecule has 0 aromatic heterocycles. The van der Waals surface area contributed by atoms with E-state index in [4.69, 9.17) is 28.8 Å². The van der Waals surface area contributed by atoms with Gasteiger partial charge in [-0.05, 0) is 48.0 Å². The number of rotatable bonds is 9. The van der Waals surface area contributed by atoms with Crippen LogP contribution < -0.4 is 23.7 Å². The minimum absolute atomic E-state index is 0.00287. The lowest BCUT2D eigenvalue weighted by Crippen LogP contribution is -2.33. The Bertz CT molecular complexity index is 1660. The van der Waals surface area contributed by atoms with Crippen LogP contribution in [0, 0.1) is 10.1 Å². The summed E-state index contributed by atoms with van der Waals surface area (Å²) >= 11 is 0. The number of hydrogen-bond acceptors (Lipinski definition) is 9. The monoisotopic (exact) mass is 567 g/mol. The highest BCUT2D eigenvalue weighted by Crippen LogP contribution is 2.49. The first-order chi connectivity index (χ1) is 20.5. The molecule has 0 N–H and O–H groups in total. The Hall–Kier alpha value is -5.25. The van der Waals surface area contributed by atoms with Crippen LogP contribution >= 0.6 is 0 Å². The third kappa shape index (κ3) is 5.03. The zero-order chi connectivity index (χ0) is 29.2. The second-order valence-electron chi connectivity index (χ2n) is 9.85. The van der Waals surface area contributed by atoms with Gasteiger partial charge < -0.3 is 23.7 Å². The number of ether oxygens (including phenoxy) is 5. The van der Waals surface area contributed by atoms with E-state index in [1.54, 1.807) is 33.5 Å². The fourth-order valence-electron chi connectivity index (χ4n) is 5.29. The van der Waals surface area contributed by atoms with Gasteiger partial charge >= 0.3 is 0 Å². The number of nitrogens with zero attached hydrogens (tertiary/aromatic N) is 3. The van der Waals surface area contributed by atoms with Gasteiger partial charge in [-0.3, -0.25) is 10.1 Å². The van der Waals surface area contributed by atoms with Crippen molar-refractivity contribution in [3.05, 3.63) is 117 Å². The van der Waals surface area contributed by atoms with Crippen molar-refractivity contribution in [3.63, 3.8) is 0 Å². The van der Waals surface area contributed by atoms with Crippen molar-refractivity contribution in [1.29, 1.82) is 0 Å². The molecule has 0 fully saturated rings. The van der Waals surface area contributed by atoms with Gasteiger partial charge in [0.1, 0.15) is 12.4 Å². The summed E-state index contributed by atoms with van der Waals surface area (Å²) in [6, 6.07) is 25.6. The van der Waals surface area contributed by atoms with E-state index in [-0.39, 0.29) is 11.7 Å². The Kier molecular flexibility index (Phi) is 7.26. The van der Waals surface area contributed by atoms with Crippen LogP contribution in [0.1, 0.15) is 40.9 Å². The van der Waals surface area contributed by atoms with Crippen molar-refractivity contribution in [2.75, 3.05) is 21.3 Å². The number of fused-ring (bicyclic) bond motifs is 3. The van der Waals surface area contributed by atoms with Crippen LogP contribution in [0.3, 0.4) is 0 Å². The lowest BCUT2D eigenvalue weighted by atomic mass is 9.95. The highest BCUT2D eigenvalue weighted by Gasteiger charge is 2.42. The third-order valence-corrected chi connectivity index (χ3v) is 7.41. The topological polar surface area (TPSA) is 105 Å². The lowest BCUT2D eigenvalue weighted by Gasteiger charge is -2.38. The second kappa shape index (κ2) is 11.3. The third-order valence-electron chi connectivity index (χ3n) is 7.41. The molecular formula is C32H29N3O7. The first-order valence-electron chi connectivity index (χ1n) is 13.4. The maximum Gasteiger partial charge on any atom is 0.270 e. The van der Waals surface area contributed by atoms with Crippen LogP contribution in [0.25, 0.3) is 0 Å². The fourth-order valence-corrected chi connectivity index (χ4v) is 5.29. The number of non-ortho nitro benzene ring substituents is 1. The van der Waals surface area contributed by atoms with Gasteiger partial charge in [0.2, 0.25) is 6.23 Å². The molecule has 6 rings (SSSR count). The van der Waals surface area contributed by atoms with Gasteiger partial charge in [-0.1, -0.05) is 30.3 Å². The number of hydrazone groups is 1. The van der Waals surface area contributed by atoms with Crippen molar-refractivity contribution in [3.8, 4) is 28.7 Å². The molecule has 10 nitrogen and oxygen atoms in total. The van der Waals surface area contributed by atoms with E-state index in [0.29, 0.717) is 47.3 Å². The lowest BCUT2D eigenvalue weighted by molar-refractivity contribution is -0.385. The van der Waals surface area contributed by atoms with E-state index in [2.05, 4.69) is 0 Å². The first-order valence-corrected chi connectivity index (χ1v) is 13.4. The molecule has 0 aliphatic carbocycles. The zero-order valence-electron chi connectivity index (χ0n) is 23.4. The van der Waals surface area contributed by atoms with E-state index in [1.165, 1.54) is 6.07 Å². The molecule has 214 valence electrons. The average Bonchev–Trinajstić information content (AvgIpc) is 3.49. The number of benzene rings is 4. The molecule has 10 heteroatoms. The number of nitro groups is 1. The van der Waals surface area contributed by atoms with Gasteiger partial charge in [0.05, 0.1) is 38.0 Å². The van der Waals surface area contributed by atoms with Crippen LogP contribution in [-0.4, -0.2) is 37.0 Å². The Morgan fingerprint density at radius 2 is 1.62 bits per heavy atom. The molecule has 2 heterocycles. The van der Waals surface area contributed by atoms with Gasteiger partial charge in [-0.2, -0.15) is 5.10 Å². The molecule has 2 unspecified atom stereocenters. The predicted octanol–water partition coefficient (Wildman–Crippen LogP) is 6.44. The number of methoxy groups -OCH3 is 3. The summed E-state index contributed by atoms with van der Waals surface area (Å²) < 4.78 is 29.1. The SMILES string of the molecule is COc1ccc(C2=NN3C(C2)c2cc([N+](=O)[O-])ccc2OC3c2ccc(OCc3ccccc3)c(OC)c2)cc1OC. The number of hydrogen-bond donors (Lipinski definition) is 0. The Morgan fingerprint density at radius 1 is 0.881 bits per heavy atom. The van der Waals surface area contributed by atoms with Crippen molar-refractivity contribution in [2.45, 2.75) is 25.3 Å². The summed E-state index contributed by atoms with van der Waals surface area (Å²) in [4.78, 5) is 11.2. The number of nitro benzene ring substituents is 1. The molecule has 0 spiro atoms. The minimum atomic E-state index is -0.612. The first kappa shape index (κ1) is 26.9. The zero-order valence-corrected chi connectivity index (χ0v) is 23.4. The summed E-state index contributed by atoms with van der Waals surface area (Å²) in [6.45, 7) is 0.399. The highest BCUT2D eigenvalue weighted by atomic mass is 16.6. The molecule has 0 radical (unpaired) electrons. The molecule has 4 aromatic carbocycles. The smallest absolute Gasteiger partial charge is 0.270 e. The van der Waals surface area contributed by atoms with Crippen LogP contribution in [0.4, 0.5) is 5.69 Å². The maximum absolute atomic E-state index is 11.6. The molecule has 4 aromatic rings. The molecule has 2 aliphatic rings. The molecule has 0 amide bonds. The van der Waals surface area contributed by atoms with Gasteiger partial charge in [-0.15, -0.1) is 0 Å². The molecule has 42 heavy (non-hydrogen) atoms. The van der Waals surface area contributed by atoms with Crippen LogP contribution in [0.15, 0.2) is 90.0 Å². The predicted molar refractivity (Wildman–Crippen MR) is 156 cm³/mol. The Labute approximate surface area is 242 Å². The summed E-state index contributed by atoms with van der Waals surface area (Å²) in [7, 11) is 4.76. The Balaban J connectivity index is 1.37. The molecule has 0 bridgehead atoms. The quantitative estimate of drug-likeness (QED) is 0.168. The molecular weight excluding hydrogens is 538 g/mol. The summed E-state index contributed by atoms with van der Waals surface area (Å²) in [5.41, 5.74) is 4.19. The largest absolute Gasteiger partial charge is 0.493 e. The van der Waals surface area contributed by atoms with E-state index in [1.807, 2.05) is 71.7 Å². The fraction of sp³-hybridized carbons (Fsp3) is 0.219. The van der Waals surface area contributed by atoms with Crippen LogP contribution in [-0.2, 0) is 6.61 Å². The molecule has 2 atom stereocenters. The molecule has 0 saturated carbocycles.